The summed E-state index contributed by atoms with van der Waals surface area (Å²) in [5.74, 6) is -0.730. The molecule has 0 spiro atoms. The summed E-state index contributed by atoms with van der Waals surface area (Å²) in [6.45, 7) is 2.62. The monoisotopic (exact) mass is 667 g/mol. The quantitative estimate of drug-likeness (QED) is 0.313. The molecule has 1 saturated heterocycles. The molecule has 2 fully saturated rings. The Labute approximate surface area is 286 Å². The molecular formula is C37H45N7O5. The molecule has 49 heavy (non-hydrogen) atoms. The van der Waals surface area contributed by atoms with Crippen LogP contribution < -0.4 is 21.7 Å². The summed E-state index contributed by atoms with van der Waals surface area (Å²) in [7, 11) is 3.20. The normalized spacial score (nSPS) is 19.2. The Hall–Kier alpha value is -4.76. The molecule has 3 amide bonds. The third kappa shape index (κ3) is 6.52. The fourth-order valence-electron chi connectivity index (χ4n) is 8.20. The van der Waals surface area contributed by atoms with E-state index in [0.29, 0.717) is 49.2 Å². The summed E-state index contributed by atoms with van der Waals surface area (Å²) in [6, 6.07) is 12.9. The molecule has 3 N–H and O–H groups in total. The minimum Gasteiger partial charge on any atom is -0.355 e. The smallest absolute Gasteiger partial charge is 0.355 e. The molecule has 1 aliphatic heterocycles. The van der Waals surface area contributed by atoms with Crippen molar-refractivity contribution in [1.82, 2.24) is 30.6 Å². The second-order valence-corrected chi connectivity index (χ2v) is 13.6. The van der Waals surface area contributed by atoms with Crippen LogP contribution in [0, 0.1) is 11.3 Å². The van der Waals surface area contributed by atoms with Gasteiger partial charge in [0.25, 0.3) is 11.8 Å². The molecule has 6 rings (SSSR count). The van der Waals surface area contributed by atoms with Gasteiger partial charge in [0.2, 0.25) is 5.91 Å². The van der Waals surface area contributed by atoms with Crippen molar-refractivity contribution < 1.29 is 18.9 Å². The molecule has 12 heteroatoms. The zero-order valence-electron chi connectivity index (χ0n) is 28.5. The van der Waals surface area contributed by atoms with E-state index < -0.39 is 17.2 Å². The Morgan fingerprint density at radius 2 is 1.57 bits per heavy atom. The Morgan fingerprint density at radius 3 is 2.14 bits per heavy atom. The largest absolute Gasteiger partial charge is 0.459 e. The predicted molar refractivity (Wildman–Crippen MR) is 182 cm³/mol. The second kappa shape index (κ2) is 14.4. The Bertz CT molecular complexity index is 1770. The van der Waals surface area contributed by atoms with Crippen molar-refractivity contribution in [3.05, 3.63) is 86.2 Å². The third-order valence-electron chi connectivity index (χ3n) is 10.6. The van der Waals surface area contributed by atoms with Crippen LogP contribution in [0.3, 0.4) is 0 Å². The highest BCUT2D eigenvalue weighted by Crippen LogP contribution is 2.48. The first-order chi connectivity index (χ1) is 23.7. The van der Waals surface area contributed by atoms with Crippen LogP contribution in [0.1, 0.15) is 113 Å². The number of hydrogen-bond acceptors (Lipinski definition) is 8. The SMILES string of the molecule is CNC(=O)c1ccc2c(c1)CCc1cc(C(=O)NC)ccc1C2(C[C@@H](C)NCC(=O)N1CCC[C@H]1C#N)c1nc(=O)on1C1CCCCC1. The highest BCUT2D eigenvalue weighted by molar-refractivity contribution is 5.95. The van der Waals surface area contributed by atoms with Crippen LogP contribution in [0.25, 0.3) is 0 Å². The first kappa shape index (κ1) is 34.1. The fraction of sp³-hybridized carbons (Fsp3) is 0.514. The number of likely N-dealkylation sites (tertiary alicyclic amines) is 1. The molecule has 12 nitrogen and oxygen atoms in total. The van der Waals surface area contributed by atoms with Crippen LogP contribution in [-0.4, -0.2) is 71.6 Å². The maximum Gasteiger partial charge on any atom is 0.459 e. The van der Waals surface area contributed by atoms with Crippen molar-refractivity contribution in [3.63, 3.8) is 0 Å². The summed E-state index contributed by atoms with van der Waals surface area (Å²) >= 11 is 0. The number of fused-ring (bicyclic) bond motifs is 2. The Kier molecular flexibility index (Phi) is 10.0. The van der Waals surface area contributed by atoms with E-state index in [9.17, 15) is 24.4 Å². The van der Waals surface area contributed by atoms with E-state index in [0.717, 1.165) is 60.8 Å². The van der Waals surface area contributed by atoms with E-state index in [-0.39, 0.29) is 36.3 Å². The summed E-state index contributed by atoms with van der Waals surface area (Å²) in [4.78, 5) is 58.5. The number of aryl methyl sites for hydroxylation is 2. The highest BCUT2D eigenvalue weighted by atomic mass is 16.5. The van der Waals surface area contributed by atoms with Crippen molar-refractivity contribution in [2.24, 2.45) is 0 Å². The number of amides is 3. The topological polar surface area (TPSA) is 162 Å². The van der Waals surface area contributed by atoms with Crippen LogP contribution >= 0.6 is 0 Å². The van der Waals surface area contributed by atoms with Gasteiger partial charge in [0.05, 0.1) is 24.1 Å². The minimum absolute atomic E-state index is 0.0502. The van der Waals surface area contributed by atoms with E-state index in [1.54, 1.807) is 35.9 Å². The number of hydrogen-bond donors (Lipinski definition) is 3. The molecule has 1 aromatic heterocycles. The van der Waals surface area contributed by atoms with Crippen LogP contribution in [0.2, 0.25) is 0 Å². The molecule has 0 bridgehead atoms. The molecule has 0 unspecified atom stereocenters. The van der Waals surface area contributed by atoms with E-state index in [1.807, 2.05) is 31.2 Å². The lowest BCUT2D eigenvalue weighted by atomic mass is 9.67. The summed E-state index contributed by atoms with van der Waals surface area (Å²) in [5, 5.41) is 18.5. The van der Waals surface area contributed by atoms with Gasteiger partial charge in [0.1, 0.15) is 6.04 Å². The average molecular weight is 668 g/mol. The maximum atomic E-state index is 13.3. The van der Waals surface area contributed by atoms with Crippen LogP contribution in [0.5, 0.6) is 0 Å². The number of benzene rings is 2. The first-order valence-electron chi connectivity index (χ1n) is 17.4. The van der Waals surface area contributed by atoms with Gasteiger partial charge < -0.3 is 25.4 Å². The molecule has 1 saturated carbocycles. The summed E-state index contributed by atoms with van der Waals surface area (Å²) in [5.41, 5.74) is 3.65. The molecule has 2 aromatic carbocycles. The number of carbonyl (C=O) groups excluding carboxylic acids is 3. The van der Waals surface area contributed by atoms with Gasteiger partial charge in [0, 0.05) is 37.8 Å². The molecule has 0 radical (unpaired) electrons. The highest BCUT2D eigenvalue weighted by Gasteiger charge is 2.47. The molecule has 258 valence electrons. The van der Waals surface area contributed by atoms with Gasteiger partial charge in [-0.05, 0) is 98.4 Å². The second-order valence-electron chi connectivity index (χ2n) is 13.6. The van der Waals surface area contributed by atoms with Gasteiger partial charge in [0.15, 0.2) is 5.82 Å². The predicted octanol–water partition coefficient (Wildman–Crippen LogP) is 3.38. The van der Waals surface area contributed by atoms with Gasteiger partial charge in [-0.15, -0.1) is 0 Å². The number of nitrogens with one attached hydrogen (secondary N) is 3. The van der Waals surface area contributed by atoms with Gasteiger partial charge in [-0.1, -0.05) is 31.4 Å². The van der Waals surface area contributed by atoms with E-state index in [4.69, 9.17) is 4.52 Å². The lowest BCUT2D eigenvalue weighted by Gasteiger charge is -2.39. The molecular weight excluding hydrogens is 622 g/mol. The Balaban J connectivity index is 1.53. The van der Waals surface area contributed by atoms with Crippen molar-refractivity contribution in [2.45, 2.75) is 94.7 Å². The Morgan fingerprint density at radius 1 is 0.959 bits per heavy atom. The van der Waals surface area contributed by atoms with E-state index in [1.165, 1.54) is 0 Å². The van der Waals surface area contributed by atoms with E-state index in [2.05, 4.69) is 27.0 Å². The summed E-state index contributed by atoms with van der Waals surface area (Å²) in [6.07, 6.45) is 7.88. The minimum atomic E-state index is -1.05. The fourth-order valence-corrected chi connectivity index (χ4v) is 8.20. The number of aromatic nitrogens is 2. The van der Waals surface area contributed by atoms with Gasteiger partial charge in [-0.2, -0.15) is 15.0 Å². The van der Waals surface area contributed by atoms with Crippen LogP contribution in [0.4, 0.5) is 0 Å². The zero-order chi connectivity index (χ0) is 34.7. The van der Waals surface area contributed by atoms with Crippen LogP contribution in [-0.2, 0) is 23.1 Å². The number of carbonyl (C=O) groups is 3. The van der Waals surface area contributed by atoms with Crippen molar-refractivity contribution in [1.29, 1.82) is 5.26 Å². The maximum absolute atomic E-state index is 13.3. The third-order valence-corrected chi connectivity index (χ3v) is 10.6. The average Bonchev–Trinajstić information content (AvgIpc) is 3.75. The molecule has 2 aliphatic carbocycles. The molecule has 3 aliphatic rings. The van der Waals surface area contributed by atoms with E-state index >= 15 is 0 Å². The van der Waals surface area contributed by atoms with Crippen molar-refractivity contribution in [3.8, 4) is 6.07 Å². The van der Waals surface area contributed by atoms with Crippen molar-refractivity contribution in [2.75, 3.05) is 27.2 Å². The van der Waals surface area contributed by atoms with Crippen LogP contribution in [0.15, 0.2) is 45.7 Å². The summed E-state index contributed by atoms with van der Waals surface area (Å²) < 4.78 is 7.68. The number of rotatable bonds is 9. The standard InChI is InChI=1S/C37H45N7O5/c1-23(41-22-32(45)43-17-7-10-29(43)21-38)20-37(35-42-36(48)49-44(35)28-8-5-4-6-9-28)30-15-13-26(33(46)39-2)18-24(30)11-12-25-19-27(34(47)40-3)14-16-31(25)37/h13-16,18-19,23,28-29,41H,4-12,17,20,22H2,1-3H3,(H,39,46)(H,40,47)/t23-,29+/m1/s1. The number of nitrogens with zero attached hydrogens (tertiary/aromatic N) is 4. The van der Waals surface area contributed by atoms with Gasteiger partial charge in [-0.3, -0.25) is 14.4 Å². The van der Waals surface area contributed by atoms with Crippen molar-refractivity contribution >= 4 is 17.7 Å². The molecule has 2 atom stereocenters. The zero-order valence-corrected chi connectivity index (χ0v) is 28.5. The lowest BCUT2D eigenvalue weighted by Crippen LogP contribution is -2.46. The first-order valence-corrected chi connectivity index (χ1v) is 17.4. The lowest BCUT2D eigenvalue weighted by molar-refractivity contribution is -0.130. The van der Waals surface area contributed by atoms with Gasteiger partial charge in [-0.25, -0.2) is 4.79 Å². The molecule has 2 heterocycles. The number of nitriles is 1. The molecule has 3 aromatic rings. The van der Waals surface area contributed by atoms with Gasteiger partial charge >= 0.3 is 5.76 Å².